The molecule has 0 aromatic carbocycles. The number of amides is 1. The molecule has 0 aromatic rings. The minimum atomic E-state index is -1.16. The van der Waals surface area contributed by atoms with E-state index in [0.29, 0.717) is 11.0 Å². The highest BCUT2D eigenvalue weighted by atomic mass is 79.9. The van der Waals surface area contributed by atoms with Gasteiger partial charge in [-0.15, -0.1) is 0 Å². The van der Waals surface area contributed by atoms with E-state index in [0.717, 1.165) is 0 Å². The van der Waals surface area contributed by atoms with Crippen LogP contribution < -0.4 is 5.32 Å². The van der Waals surface area contributed by atoms with Gasteiger partial charge in [0.05, 0.1) is 0 Å². The lowest BCUT2D eigenvalue weighted by atomic mass is 10.1. The highest BCUT2D eigenvalue weighted by Gasteiger charge is 2.29. The van der Waals surface area contributed by atoms with Gasteiger partial charge in [0.25, 0.3) is 0 Å². The number of nitrogens with zero attached hydrogens (tertiary/aromatic N) is 1. The summed E-state index contributed by atoms with van der Waals surface area (Å²) in [6.45, 7) is 3.40. The summed E-state index contributed by atoms with van der Waals surface area (Å²) < 4.78 is 5.26. The van der Waals surface area contributed by atoms with Gasteiger partial charge in [-0.2, -0.15) is 0 Å². The van der Waals surface area contributed by atoms with E-state index in [9.17, 15) is 9.59 Å². The van der Waals surface area contributed by atoms with E-state index in [4.69, 9.17) is 9.94 Å². The van der Waals surface area contributed by atoms with Crippen molar-refractivity contribution in [1.82, 2.24) is 5.32 Å². The predicted molar refractivity (Wildman–Crippen MR) is 66.6 cm³/mol. The van der Waals surface area contributed by atoms with Gasteiger partial charge in [0, 0.05) is 12.8 Å². The Labute approximate surface area is 112 Å². The second kappa shape index (κ2) is 7.00. The summed E-state index contributed by atoms with van der Waals surface area (Å²) in [7, 11) is 0. The van der Waals surface area contributed by atoms with Gasteiger partial charge in [0.2, 0.25) is 0 Å². The maximum Gasteiger partial charge on any atom is 0.408 e. The SMILES string of the molecule is C=CCOC(=O)N[C@H](C[C@H]1CC(Br)=NO1)C(=O)O. The normalized spacial score (nSPS) is 19.4. The van der Waals surface area contributed by atoms with Crippen LogP contribution in [0.15, 0.2) is 17.8 Å². The van der Waals surface area contributed by atoms with Crippen molar-refractivity contribution in [2.45, 2.75) is 25.0 Å². The number of rotatable bonds is 6. The van der Waals surface area contributed by atoms with Crippen molar-refractivity contribution in [3.63, 3.8) is 0 Å². The molecule has 0 bridgehead atoms. The molecule has 8 heteroatoms. The topological polar surface area (TPSA) is 97.2 Å². The fourth-order valence-electron chi connectivity index (χ4n) is 1.32. The van der Waals surface area contributed by atoms with Crippen LogP contribution in [-0.2, 0) is 14.4 Å². The van der Waals surface area contributed by atoms with Gasteiger partial charge in [0.1, 0.15) is 23.4 Å². The maximum atomic E-state index is 11.2. The molecule has 1 amide bonds. The van der Waals surface area contributed by atoms with Crippen LogP contribution in [0.1, 0.15) is 12.8 Å². The van der Waals surface area contributed by atoms with Crippen LogP contribution in [-0.4, -0.2) is 40.5 Å². The van der Waals surface area contributed by atoms with Crippen LogP contribution in [0.3, 0.4) is 0 Å². The second-order valence-corrected chi connectivity index (χ2v) is 4.47. The average molecular weight is 321 g/mol. The summed E-state index contributed by atoms with van der Waals surface area (Å²) in [6.07, 6.45) is 0.797. The van der Waals surface area contributed by atoms with Crippen LogP contribution >= 0.6 is 15.9 Å². The Morgan fingerprint density at radius 2 is 2.50 bits per heavy atom. The monoisotopic (exact) mass is 320 g/mol. The quantitative estimate of drug-likeness (QED) is 0.717. The minimum Gasteiger partial charge on any atom is -0.480 e. The van der Waals surface area contributed by atoms with E-state index < -0.39 is 18.1 Å². The van der Waals surface area contributed by atoms with E-state index in [1.807, 2.05) is 0 Å². The first-order valence-electron chi connectivity index (χ1n) is 5.18. The van der Waals surface area contributed by atoms with Crippen LogP contribution in [0.25, 0.3) is 0 Å². The number of ether oxygens (including phenoxy) is 1. The molecule has 0 fully saturated rings. The molecule has 0 saturated carbocycles. The number of halogens is 1. The third-order valence-corrected chi connectivity index (χ3v) is 2.59. The van der Waals surface area contributed by atoms with Crippen molar-refractivity contribution in [1.29, 1.82) is 0 Å². The molecular weight excluding hydrogens is 308 g/mol. The van der Waals surface area contributed by atoms with Crippen molar-refractivity contribution in [2.24, 2.45) is 5.16 Å². The Morgan fingerprint density at radius 1 is 1.78 bits per heavy atom. The maximum absolute atomic E-state index is 11.2. The Bertz CT molecular complexity index is 371. The van der Waals surface area contributed by atoms with Crippen molar-refractivity contribution >= 4 is 32.6 Å². The standard InChI is InChI=1S/C10H13BrN2O5/c1-2-3-17-10(16)12-7(9(14)15)4-6-5-8(11)13-18-6/h2,6-7H,1,3-5H2,(H,12,16)(H,14,15)/t6-,7+/m0/s1. The smallest absolute Gasteiger partial charge is 0.408 e. The molecule has 1 aliphatic rings. The zero-order valence-electron chi connectivity index (χ0n) is 9.47. The lowest BCUT2D eigenvalue weighted by Gasteiger charge is -2.16. The third kappa shape index (κ3) is 4.74. The molecule has 0 aromatic heterocycles. The first-order valence-corrected chi connectivity index (χ1v) is 5.97. The van der Waals surface area contributed by atoms with Crippen molar-refractivity contribution in [3.05, 3.63) is 12.7 Å². The number of hydrogen-bond acceptors (Lipinski definition) is 5. The number of carbonyl (C=O) groups excluding carboxylic acids is 1. The Kier molecular flexibility index (Phi) is 5.63. The van der Waals surface area contributed by atoms with E-state index in [2.05, 4.69) is 37.7 Å². The Hall–Kier alpha value is -1.57. The van der Waals surface area contributed by atoms with Crippen molar-refractivity contribution in [2.75, 3.05) is 6.61 Å². The highest BCUT2D eigenvalue weighted by molar-refractivity contribution is 9.18. The molecule has 2 N–H and O–H groups in total. The van der Waals surface area contributed by atoms with Gasteiger partial charge in [-0.3, -0.25) is 0 Å². The number of carboxylic acids is 1. The molecule has 1 heterocycles. The van der Waals surface area contributed by atoms with Gasteiger partial charge in [-0.1, -0.05) is 17.8 Å². The predicted octanol–water partition coefficient (Wildman–Crippen LogP) is 1.24. The number of alkyl carbamates (subject to hydrolysis) is 1. The molecule has 2 atom stereocenters. The number of nitrogens with one attached hydrogen (secondary N) is 1. The molecule has 18 heavy (non-hydrogen) atoms. The summed E-state index contributed by atoms with van der Waals surface area (Å²) in [6, 6.07) is -1.08. The molecule has 0 saturated heterocycles. The van der Waals surface area contributed by atoms with Crippen LogP contribution in [0.4, 0.5) is 4.79 Å². The summed E-state index contributed by atoms with van der Waals surface area (Å²) >= 11 is 3.15. The fraction of sp³-hybridized carbons (Fsp3) is 0.500. The minimum absolute atomic E-state index is 0.0206. The molecule has 1 aliphatic heterocycles. The number of carboxylic acid groups (broad SMARTS) is 1. The molecule has 7 nitrogen and oxygen atoms in total. The average Bonchev–Trinajstić information content (AvgIpc) is 2.71. The van der Waals surface area contributed by atoms with Crippen LogP contribution in [0.2, 0.25) is 0 Å². The number of carbonyl (C=O) groups is 2. The fourth-order valence-corrected chi connectivity index (χ4v) is 1.77. The molecular formula is C10H13BrN2O5. The van der Waals surface area contributed by atoms with E-state index in [1.165, 1.54) is 6.08 Å². The van der Waals surface area contributed by atoms with Gasteiger partial charge < -0.3 is 20.0 Å². The van der Waals surface area contributed by atoms with E-state index in [-0.39, 0.29) is 19.1 Å². The first kappa shape index (κ1) is 14.5. The van der Waals surface area contributed by atoms with Crippen molar-refractivity contribution < 1.29 is 24.3 Å². The largest absolute Gasteiger partial charge is 0.480 e. The molecule has 100 valence electrons. The van der Waals surface area contributed by atoms with Gasteiger partial charge in [-0.05, 0) is 15.9 Å². The van der Waals surface area contributed by atoms with E-state index in [1.54, 1.807) is 0 Å². The Morgan fingerprint density at radius 3 is 3.00 bits per heavy atom. The van der Waals surface area contributed by atoms with Gasteiger partial charge in [0.15, 0.2) is 0 Å². The highest BCUT2D eigenvalue weighted by Crippen LogP contribution is 2.18. The second-order valence-electron chi connectivity index (χ2n) is 3.56. The van der Waals surface area contributed by atoms with Crippen LogP contribution in [0.5, 0.6) is 0 Å². The summed E-state index contributed by atoms with van der Waals surface area (Å²) in [5, 5.41) is 14.9. The molecule has 0 radical (unpaired) electrons. The first-order chi connectivity index (χ1) is 8.52. The third-order valence-electron chi connectivity index (χ3n) is 2.12. The summed E-state index contributed by atoms with van der Waals surface area (Å²) in [5.41, 5.74) is 0. The molecule has 0 spiro atoms. The van der Waals surface area contributed by atoms with Gasteiger partial charge >= 0.3 is 12.1 Å². The molecule has 0 unspecified atom stereocenters. The van der Waals surface area contributed by atoms with Crippen molar-refractivity contribution in [3.8, 4) is 0 Å². The zero-order valence-corrected chi connectivity index (χ0v) is 11.1. The lowest BCUT2D eigenvalue weighted by Crippen LogP contribution is -2.43. The summed E-state index contributed by atoms with van der Waals surface area (Å²) in [5.74, 6) is -1.16. The number of aliphatic carboxylic acids is 1. The summed E-state index contributed by atoms with van der Waals surface area (Å²) in [4.78, 5) is 27.2. The number of hydrogen-bond donors (Lipinski definition) is 2. The molecule has 1 rings (SSSR count). The lowest BCUT2D eigenvalue weighted by molar-refractivity contribution is -0.140. The molecule has 0 aliphatic carbocycles. The Balaban J connectivity index is 2.43. The number of oxime groups is 1. The zero-order chi connectivity index (χ0) is 13.5. The van der Waals surface area contributed by atoms with Gasteiger partial charge in [-0.25, -0.2) is 9.59 Å². The van der Waals surface area contributed by atoms with E-state index >= 15 is 0 Å². The van der Waals surface area contributed by atoms with Crippen LogP contribution in [0, 0.1) is 0 Å².